The Bertz CT molecular complexity index is 654. The Balaban J connectivity index is 1.87. The Morgan fingerprint density at radius 1 is 1.43 bits per heavy atom. The molecule has 0 saturated heterocycles. The third-order valence-electron chi connectivity index (χ3n) is 2.73. The van der Waals surface area contributed by atoms with Gasteiger partial charge in [0.1, 0.15) is 5.75 Å². The van der Waals surface area contributed by atoms with Crippen molar-refractivity contribution in [2.75, 3.05) is 13.7 Å². The van der Waals surface area contributed by atoms with Gasteiger partial charge in [0.15, 0.2) is 5.69 Å². The lowest BCUT2D eigenvalue weighted by atomic mass is 10.2. The van der Waals surface area contributed by atoms with Crippen LogP contribution in [0.2, 0.25) is 0 Å². The van der Waals surface area contributed by atoms with Crippen LogP contribution in [-0.4, -0.2) is 35.6 Å². The van der Waals surface area contributed by atoms with Crippen molar-refractivity contribution in [1.29, 1.82) is 0 Å². The number of carbonyl (C=O) groups is 2. The molecule has 6 nitrogen and oxygen atoms in total. The van der Waals surface area contributed by atoms with E-state index in [1.165, 1.54) is 16.7 Å². The van der Waals surface area contributed by atoms with Gasteiger partial charge in [-0.1, -0.05) is 6.07 Å². The molecule has 0 aliphatic rings. The van der Waals surface area contributed by atoms with Crippen molar-refractivity contribution in [2.24, 2.45) is 0 Å². The highest BCUT2D eigenvalue weighted by molar-refractivity contribution is 7.09. The first-order chi connectivity index (χ1) is 10.1. The molecule has 0 radical (unpaired) electrons. The quantitative estimate of drug-likeness (QED) is 0.850. The van der Waals surface area contributed by atoms with E-state index >= 15 is 0 Å². The van der Waals surface area contributed by atoms with E-state index in [1.54, 1.807) is 31.4 Å². The van der Waals surface area contributed by atoms with E-state index in [0.717, 1.165) is 0 Å². The smallest absolute Gasteiger partial charge is 0.355 e. The van der Waals surface area contributed by atoms with E-state index in [2.05, 4.69) is 10.3 Å². The summed E-state index contributed by atoms with van der Waals surface area (Å²) in [6.45, 7) is 0.391. The first-order valence-corrected chi connectivity index (χ1v) is 7.08. The number of nitrogens with zero attached hydrogens (tertiary/aromatic N) is 1. The third-order valence-corrected chi connectivity index (χ3v) is 3.64. The highest BCUT2D eigenvalue weighted by atomic mass is 32.1. The number of carbonyl (C=O) groups excluding carboxylic acids is 1. The fourth-order valence-electron chi connectivity index (χ4n) is 1.67. The molecule has 0 bridgehead atoms. The van der Waals surface area contributed by atoms with Gasteiger partial charge in [-0.05, 0) is 18.2 Å². The second-order valence-corrected chi connectivity index (χ2v) is 5.11. The summed E-state index contributed by atoms with van der Waals surface area (Å²) in [5.41, 5.74) is 0.550. The molecular formula is C14H14N2O4S. The zero-order valence-corrected chi connectivity index (χ0v) is 12.1. The molecule has 0 fully saturated rings. The number of nitrogens with one attached hydrogen (secondary N) is 1. The molecule has 1 heterocycles. The van der Waals surface area contributed by atoms with Gasteiger partial charge < -0.3 is 15.2 Å². The van der Waals surface area contributed by atoms with Crippen LogP contribution in [0.4, 0.5) is 0 Å². The molecule has 1 aromatic heterocycles. The molecule has 21 heavy (non-hydrogen) atoms. The van der Waals surface area contributed by atoms with Gasteiger partial charge in [0, 0.05) is 23.9 Å². The molecule has 0 atom stereocenters. The molecular weight excluding hydrogens is 292 g/mol. The monoisotopic (exact) mass is 306 g/mol. The zero-order valence-electron chi connectivity index (χ0n) is 11.3. The van der Waals surface area contributed by atoms with E-state index in [-0.39, 0.29) is 11.6 Å². The number of rotatable bonds is 6. The molecule has 2 aromatic rings. The summed E-state index contributed by atoms with van der Waals surface area (Å²) >= 11 is 1.27. The van der Waals surface area contributed by atoms with Gasteiger partial charge in [-0.2, -0.15) is 0 Å². The van der Waals surface area contributed by atoms with Crippen LogP contribution in [-0.2, 0) is 6.42 Å². The SMILES string of the molecule is COc1cccc(C(=O)NCCc2nc(C(=O)O)cs2)c1. The van der Waals surface area contributed by atoms with Gasteiger partial charge >= 0.3 is 5.97 Å². The summed E-state index contributed by atoms with van der Waals surface area (Å²) in [5, 5.41) is 13.7. The summed E-state index contributed by atoms with van der Waals surface area (Å²) in [7, 11) is 1.54. The number of carboxylic acids is 1. The van der Waals surface area contributed by atoms with Crippen molar-refractivity contribution in [3.8, 4) is 5.75 Å². The molecule has 1 amide bonds. The Hall–Kier alpha value is -2.41. The van der Waals surface area contributed by atoms with Crippen molar-refractivity contribution in [1.82, 2.24) is 10.3 Å². The first kappa shape index (κ1) is 15.0. The highest BCUT2D eigenvalue weighted by Crippen LogP contribution is 2.13. The van der Waals surface area contributed by atoms with E-state index in [0.29, 0.717) is 29.3 Å². The summed E-state index contributed by atoms with van der Waals surface area (Å²) in [4.78, 5) is 26.6. The van der Waals surface area contributed by atoms with Gasteiger partial charge in [0.25, 0.3) is 5.91 Å². The first-order valence-electron chi connectivity index (χ1n) is 6.20. The van der Waals surface area contributed by atoms with Crippen LogP contribution < -0.4 is 10.1 Å². The summed E-state index contributed by atoms with van der Waals surface area (Å²) in [5.74, 6) is -0.629. The largest absolute Gasteiger partial charge is 0.497 e. The Labute approximate surface area is 125 Å². The minimum absolute atomic E-state index is 0.0362. The van der Waals surface area contributed by atoms with Crippen molar-refractivity contribution < 1.29 is 19.4 Å². The van der Waals surface area contributed by atoms with E-state index < -0.39 is 5.97 Å². The third kappa shape index (κ3) is 4.03. The van der Waals surface area contributed by atoms with Gasteiger partial charge in [0.2, 0.25) is 0 Å². The molecule has 0 spiro atoms. The number of amides is 1. The maximum atomic E-state index is 11.9. The maximum Gasteiger partial charge on any atom is 0.355 e. The molecule has 1 aromatic carbocycles. The molecule has 2 rings (SSSR count). The van der Waals surface area contributed by atoms with E-state index in [9.17, 15) is 9.59 Å². The predicted molar refractivity (Wildman–Crippen MR) is 78.1 cm³/mol. The number of carboxylic acid groups (broad SMARTS) is 1. The number of hydrogen-bond donors (Lipinski definition) is 2. The normalized spacial score (nSPS) is 10.1. The lowest BCUT2D eigenvalue weighted by Crippen LogP contribution is -2.25. The van der Waals surface area contributed by atoms with Gasteiger partial charge in [0.05, 0.1) is 12.1 Å². The van der Waals surface area contributed by atoms with Crippen LogP contribution in [0.25, 0.3) is 0 Å². The molecule has 110 valence electrons. The highest BCUT2D eigenvalue weighted by Gasteiger charge is 2.10. The standard InChI is InChI=1S/C14H14N2O4S/c1-20-10-4-2-3-9(7-10)13(17)15-6-5-12-16-11(8-21-12)14(18)19/h2-4,7-8H,5-6H2,1H3,(H,15,17)(H,18,19). The maximum absolute atomic E-state index is 11.9. The fourth-order valence-corrected chi connectivity index (χ4v) is 2.45. The van der Waals surface area contributed by atoms with Gasteiger partial charge in [-0.15, -0.1) is 11.3 Å². The van der Waals surface area contributed by atoms with Crippen LogP contribution in [0.3, 0.4) is 0 Å². The number of ether oxygens (including phenoxy) is 1. The Kier molecular flexibility index (Phi) is 4.89. The van der Waals surface area contributed by atoms with Crippen molar-refractivity contribution in [2.45, 2.75) is 6.42 Å². The van der Waals surface area contributed by atoms with Crippen LogP contribution in [0.15, 0.2) is 29.6 Å². The molecule has 0 saturated carbocycles. The van der Waals surface area contributed by atoms with Crippen LogP contribution in [0.1, 0.15) is 25.9 Å². The van der Waals surface area contributed by atoms with Crippen LogP contribution in [0.5, 0.6) is 5.75 Å². The van der Waals surface area contributed by atoms with Crippen molar-refractivity contribution in [3.63, 3.8) is 0 Å². The Morgan fingerprint density at radius 2 is 2.24 bits per heavy atom. The molecule has 0 unspecified atom stereocenters. The van der Waals surface area contributed by atoms with Crippen molar-refractivity contribution >= 4 is 23.2 Å². The summed E-state index contributed by atoms with van der Waals surface area (Å²) in [6.07, 6.45) is 0.494. The number of aromatic carboxylic acids is 1. The van der Waals surface area contributed by atoms with Crippen LogP contribution in [0, 0.1) is 0 Å². The molecule has 0 aliphatic heterocycles. The predicted octanol–water partition coefficient (Wildman–Crippen LogP) is 1.82. The minimum atomic E-state index is -1.04. The summed E-state index contributed by atoms with van der Waals surface area (Å²) < 4.78 is 5.06. The van der Waals surface area contributed by atoms with E-state index in [1.807, 2.05) is 0 Å². The Morgan fingerprint density at radius 3 is 2.90 bits per heavy atom. The second kappa shape index (κ2) is 6.85. The molecule has 0 aliphatic carbocycles. The zero-order chi connectivity index (χ0) is 15.2. The lowest BCUT2D eigenvalue weighted by Gasteiger charge is -2.05. The topological polar surface area (TPSA) is 88.5 Å². The molecule has 2 N–H and O–H groups in total. The van der Waals surface area contributed by atoms with Crippen molar-refractivity contribution in [3.05, 3.63) is 45.9 Å². The minimum Gasteiger partial charge on any atom is -0.497 e. The summed E-state index contributed by atoms with van der Waals surface area (Å²) in [6, 6.07) is 6.86. The molecule has 7 heteroatoms. The van der Waals surface area contributed by atoms with Gasteiger partial charge in [-0.25, -0.2) is 9.78 Å². The lowest BCUT2D eigenvalue weighted by molar-refractivity contribution is 0.0690. The number of methoxy groups -OCH3 is 1. The average Bonchev–Trinajstić information content (AvgIpc) is 2.96. The number of aromatic nitrogens is 1. The van der Waals surface area contributed by atoms with E-state index in [4.69, 9.17) is 9.84 Å². The number of benzene rings is 1. The fraction of sp³-hybridized carbons (Fsp3) is 0.214. The van der Waals surface area contributed by atoms with Crippen LogP contribution >= 0.6 is 11.3 Å². The van der Waals surface area contributed by atoms with Gasteiger partial charge in [-0.3, -0.25) is 4.79 Å². The number of hydrogen-bond acceptors (Lipinski definition) is 5. The second-order valence-electron chi connectivity index (χ2n) is 4.17. The average molecular weight is 306 g/mol. The number of thiazole rings is 1.